The Kier molecular flexibility index (Phi) is 7.57. The normalized spacial score (nSPS) is 13.4. The van der Waals surface area contributed by atoms with Crippen LogP contribution in [0.2, 0.25) is 5.02 Å². The smallest absolute Gasteiger partial charge is 0.0490 e. The first kappa shape index (κ1) is 28.7. The third-order valence-corrected chi connectivity index (χ3v) is 8.42. The van der Waals surface area contributed by atoms with Crippen molar-refractivity contribution in [3.63, 3.8) is 0 Å². The van der Waals surface area contributed by atoms with Gasteiger partial charge in [0.1, 0.15) is 0 Å². The Bertz CT molecular complexity index is 1100. The third-order valence-electron chi connectivity index (χ3n) is 7.27. The standard InChI is InChI=1S/C34H47ClSi/c1-31(2,3)23-15-21(16-24(19-23)32(4,5)6)29-27(35)13-14-28(36)30(29)22-17-25(33(7,8)9)20-26(18-22)34(10,11)12/h13-20H,1-12,36H3. The van der Waals surface area contributed by atoms with Crippen LogP contribution in [0.3, 0.4) is 0 Å². The average molecular weight is 519 g/mol. The average Bonchev–Trinajstić information content (AvgIpc) is 2.72. The largest absolute Gasteiger partial charge is 0.0836 e. The molecule has 0 nitrogen and oxygen atoms in total. The van der Waals surface area contributed by atoms with E-state index in [-0.39, 0.29) is 21.7 Å². The van der Waals surface area contributed by atoms with E-state index in [9.17, 15) is 0 Å². The van der Waals surface area contributed by atoms with Crippen molar-refractivity contribution in [3.8, 4) is 22.3 Å². The van der Waals surface area contributed by atoms with Crippen LogP contribution in [-0.2, 0) is 21.7 Å². The van der Waals surface area contributed by atoms with E-state index < -0.39 is 0 Å². The molecule has 0 aliphatic carbocycles. The second-order valence-corrected chi connectivity index (χ2v) is 16.2. The molecule has 0 bridgehead atoms. The zero-order valence-electron chi connectivity index (χ0n) is 25.0. The zero-order chi connectivity index (χ0) is 27.4. The van der Waals surface area contributed by atoms with Crippen molar-refractivity contribution < 1.29 is 0 Å². The summed E-state index contributed by atoms with van der Waals surface area (Å²) in [6, 6.07) is 18.7. The molecular weight excluding hydrogens is 472 g/mol. The number of rotatable bonds is 2. The monoisotopic (exact) mass is 518 g/mol. The van der Waals surface area contributed by atoms with E-state index in [1.54, 1.807) is 0 Å². The van der Waals surface area contributed by atoms with Crippen LogP contribution >= 0.6 is 11.6 Å². The van der Waals surface area contributed by atoms with Crippen molar-refractivity contribution in [1.29, 1.82) is 0 Å². The van der Waals surface area contributed by atoms with E-state index in [0.29, 0.717) is 0 Å². The Morgan fingerprint density at radius 2 is 0.778 bits per heavy atom. The van der Waals surface area contributed by atoms with Gasteiger partial charge in [0, 0.05) is 20.8 Å². The summed E-state index contributed by atoms with van der Waals surface area (Å²) in [6.07, 6.45) is 0. The predicted octanol–water partition coefficient (Wildman–Crippen LogP) is 8.85. The Morgan fingerprint density at radius 3 is 1.08 bits per heavy atom. The van der Waals surface area contributed by atoms with Crippen LogP contribution in [0.25, 0.3) is 22.3 Å². The summed E-state index contributed by atoms with van der Waals surface area (Å²) in [7, 11) is 0.952. The van der Waals surface area contributed by atoms with Crippen LogP contribution in [0.1, 0.15) is 105 Å². The quantitative estimate of drug-likeness (QED) is 0.297. The molecular formula is C34H47ClSi. The van der Waals surface area contributed by atoms with Gasteiger partial charge in [-0.3, -0.25) is 0 Å². The van der Waals surface area contributed by atoms with E-state index in [1.165, 1.54) is 49.7 Å². The number of halogens is 1. The lowest BCUT2D eigenvalue weighted by atomic mass is 9.77. The van der Waals surface area contributed by atoms with Gasteiger partial charge in [-0.25, -0.2) is 0 Å². The Hall–Kier alpha value is -1.83. The molecule has 0 spiro atoms. The molecule has 0 aliphatic rings. The van der Waals surface area contributed by atoms with Crippen molar-refractivity contribution in [1.82, 2.24) is 0 Å². The van der Waals surface area contributed by atoms with Gasteiger partial charge in [0.25, 0.3) is 0 Å². The van der Waals surface area contributed by atoms with Crippen molar-refractivity contribution >= 4 is 27.0 Å². The van der Waals surface area contributed by atoms with Gasteiger partial charge in [-0.05, 0) is 66.7 Å². The van der Waals surface area contributed by atoms with Gasteiger partial charge in [-0.2, -0.15) is 0 Å². The second-order valence-electron chi connectivity index (χ2n) is 14.7. The summed E-state index contributed by atoms with van der Waals surface area (Å²) in [5.41, 5.74) is 10.7. The molecule has 3 rings (SSSR count). The molecule has 0 aromatic heterocycles. The van der Waals surface area contributed by atoms with Gasteiger partial charge in [-0.15, -0.1) is 0 Å². The second kappa shape index (κ2) is 9.48. The number of hydrogen-bond donors (Lipinski definition) is 0. The van der Waals surface area contributed by atoms with E-state index in [4.69, 9.17) is 11.6 Å². The van der Waals surface area contributed by atoms with Crippen LogP contribution in [0.15, 0.2) is 48.5 Å². The Balaban J connectivity index is 2.46. The van der Waals surface area contributed by atoms with Crippen molar-refractivity contribution in [2.75, 3.05) is 0 Å². The fourth-order valence-electron chi connectivity index (χ4n) is 4.61. The summed E-state index contributed by atoms with van der Waals surface area (Å²) in [5, 5.41) is 2.22. The highest BCUT2D eigenvalue weighted by molar-refractivity contribution is 6.40. The highest BCUT2D eigenvalue weighted by atomic mass is 35.5. The molecule has 0 saturated heterocycles. The molecule has 0 amide bonds. The number of hydrogen-bond acceptors (Lipinski definition) is 0. The fourth-order valence-corrected chi connectivity index (χ4v) is 5.58. The Labute approximate surface area is 229 Å². The van der Waals surface area contributed by atoms with Crippen molar-refractivity contribution in [2.24, 2.45) is 0 Å². The van der Waals surface area contributed by atoms with Crippen molar-refractivity contribution in [2.45, 2.75) is 105 Å². The van der Waals surface area contributed by atoms with E-state index >= 15 is 0 Å². The van der Waals surface area contributed by atoms with Crippen molar-refractivity contribution in [3.05, 3.63) is 75.8 Å². The molecule has 36 heavy (non-hydrogen) atoms. The first-order valence-electron chi connectivity index (χ1n) is 13.3. The molecule has 3 aromatic carbocycles. The molecule has 0 unspecified atom stereocenters. The molecule has 0 N–H and O–H groups in total. The van der Waals surface area contributed by atoms with Gasteiger partial charge >= 0.3 is 0 Å². The molecule has 3 aromatic rings. The van der Waals surface area contributed by atoms with Gasteiger partial charge in [0.05, 0.1) is 0 Å². The minimum atomic E-state index is 0.0484. The first-order valence-corrected chi connectivity index (χ1v) is 14.7. The topological polar surface area (TPSA) is 0 Å². The molecule has 0 heterocycles. The minimum absolute atomic E-state index is 0.0484. The molecule has 194 valence electrons. The summed E-state index contributed by atoms with van der Waals surface area (Å²) in [4.78, 5) is 0. The van der Waals surface area contributed by atoms with Gasteiger partial charge in [-0.1, -0.05) is 142 Å². The molecule has 0 aliphatic heterocycles. The summed E-state index contributed by atoms with van der Waals surface area (Å²) in [6.45, 7) is 27.6. The molecule has 0 atom stereocenters. The van der Waals surface area contributed by atoms with Crippen LogP contribution in [0, 0.1) is 0 Å². The number of benzene rings is 3. The minimum Gasteiger partial charge on any atom is -0.0836 e. The highest BCUT2D eigenvalue weighted by Crippen LogP contribution is 2.42. The van der Waals surface area contributed by atoms with Crippen LogP contribution in [0.4, 0.5) is 0 Å². The third kappa shape index (κ3) is 6.17. The lowest BCUT2D eigenvalue weighted by molar-refractivity contribution is 0.568. The molecule has 0 fully saturated rings. The van der Waals surface area contributed by atoms with Crippen LogP contribution in [-0.4, -0.2) is 10.2 Å². The SMILES string of the molecule is CC(C)(C)c1cc(-c2c([SiH3])ccc(Cl)c2-c2cc(C(C)(C)C)cc(C(C)(C)C)c2)cc(C(C)(C)C)c1. The lowest BCUT2D eigenvalue weighted by Crippen LogP contribution is -2.18. The summed E-state index contributed by atoms with van der Waals surface area (Å²) in [5.74, 6) is 0. The first-order chi connectivity index (χ1) is 16.2. The maximum atomic E-state index is 7.09. The molecule has 0 radical (unpaired) electrons. The van der Waals surface area contributed by atoms with E-state index in [0.717, 1.165) is 15.3 Å². The van der Waals surface area contributed by atoms with Crippen LogP contribution < -0.4 is 5.19 Å². The molecule has 2 heteroatoms. The van der Waals surface area contributed by atoms with Gasteiger partial charge < -0.3 is 0 Å². The van der Waals surface area contributed by atoms with Gasteiger partial charge in [0.2, 0.25) is 0 Å². The summed E-state index contributed by atoms with van der Waals surface area (Å²) < 4.78 is 0. The highest BCUT2D eigenvalue weighted by Gasteiger charge is 2.25. The van der Waals surface area contributed by atoms with Gasteiger partial charge in [0.15, 0.2) is 0 Å². The zero-order valence-corrected chi connectivity index (χ0v) is 27.8. The Morgan fingerprint density at radius 1 is 0.472 bits per heavy atom. The maximum absolute atomic E-state index is 7.09. The fraction of sp³-hybridized carbons (Fsp3) is 0.471. The molecule has 0 saturated carbocycles. The predicted molar refractivity (Wildman–Crippen MR) is 167 cm³/mol. The lowest BCUT2D eigenvalue weighted by Gasteiger charge is -2.29. The van der Waals surface area contributed by atoms with E-state index in [2.05, 4.69) is 132 Å². The summed E-state index contributed by atoms with van der Waals surface area (Å²) >= 11 is 7.09. The maximum Gasteiger partial charge on any atom is 0.0490 e. The van der Waals surface area contributed by atoms with Crippen LogP contribution in [0.5, 0.6) is 0 Å². The van der Waals surface area contributed by atoms with E-state index in [1.807, 2.05) is 0 Å².